The van der Waals surface area contributed by atoms with Crippen LogP contribution in [0.1, 0.15) is 12.8 Å². The van der Waals surface area contributed by atoms with Gasteiger partial charge in [-0.2, -0.15) is 11.8 Å². The van der Waals surface area contributed by atoms with Crippen LogP contribution in [-0.4, -0.2) is 55.8 Å². The second-order valence-electron chi connectivity index (χ2n) is 3.69. The molecule has 0 aromatic carbocycles. The summed E-state index contributed by atoms with van der Waals surface area (Å²) < 4.78 is 5.26. The van der Waals surface area contributed by atoms with E-state index in [-0.39, 0.29) is 6.10 Å². The van der Waals surface area contributed by atoms with E-state index < -0.39 is 0 Å². The highest BCUT2D eigenvalue weighted by atomic mass is 32.2. The molecule has 0 aromatic heterocycles. The fraction of sp³-hybridized carbons (Fsp3) is 1.00. The summed E-state index contributed by atoms with van der Waals surface area (Å²) >= 11 is 2.07. The minimum atomic E-state index is 0.242. The van der Waals surface area contributed by atoms with Crippen molar-refractivity contribution in [2.75, 3.05) is 44.8 Å². The molecule has 4 heteroatoms. The molecule has 1 fully saturated rings. The van der Waals surface area contributed by atoms with Gasteiger partial charge < -0.3 is 15.4 Å². The minimum Gasteiger partial charge on any atom is -0.380 e. The molecule has 1 aliphatic heterocycles. The molecule has 14 heavy (non-hydrogen) atoms. The van der Waals surface area contributed by atoms with Crippen LogP contribution in [0.25, 0.3) is 0 Å². The van der Waals surface area contributed by atoms with E-state index in [2.05, 4.69) is 16.7 Å². The Morgan fingerprint density at radius 1 is 1.43 bits per heavy atom. The molecule has 0 saturated carbocycles. The summed E-state index contributed by atoms with van der Waals surface area (Å²) in [6.45, 7) is 4.25. The van der Waals surface area contributed by atoms with Gasteiger partial charge in [0.2, 0.25) is 0 Å². The van der Waals surface area contributed by atoms with E-state index in [1.165, 1.54) is 31.0 Å². The van der Waals surface area contributed by atoms with Crippen LogP contribution >= 0.6 is 11.8 Å². The second-order valence-corrected chi connectivity index (χ2v) is 4.91. The van der Waals surface area contributed by atoms with Gasteiger partial charge in [0.05, 0.1) is 6.10 Å². The molecule has 0 aromatic rings. The molecule has 0 aliphatic carbocycles. The largest absolute Gasteiger partial charge is 0.380 e. The number of nitrogens with two attached hydrogens (primary N) is 1. The third-order valence-electron chi connectivity index (χ3n) is 2.68. The molecule has 1 aliphatic rings. The smallest absolute Gasteiger partial charge is 0.0705 e. The maximum absolute atomic E-state index is 5.58. The third kappa shape index (κ3) is 4.64. The molecule has 0 spiro atoms. The number of hydrogen-bond donors (Lipinski definition) is 1. The monoisotopic (exact) mass is 218 g/mol. The first-order valence-electron chi connectivity index (χ1n) is 5.39. The van der Waals surface area contributed by atoms with Gasteiger partial charge in [0, 0.05) is 32.5 Å². The van der Waals surface area contributed by atoms with Crippen LogP contribution < -0.4 is 5.73 Å². The molecule has 1 rings (SSSR count). The van der Waals surface area contributed by atoms with E-state index >= 15 is 0 Å². The number of rotatable bonds is 5. The average Bonchev–Trinajstić information content (AvgIpc) is 2.48. The highest BCUT2D eigenvalue weighted by Gasteiger charge is 2.11. The van der Waals surface area contributed by atoms with Crippen LogP contribution in [0.5, 0.6) is 0 Å². The lowest BCUT2D eigenvalue weighted by Gasteiger charge is -2.21. The van der Waals surface area contributed by atoms with Crippen molar-refractivity contribution in [2.24, 2.45) is 5.73 Å². The molecule has 1 atom stereocenters. The highest BCUT2D eigenvalue weighted by Crippen LogP contribution is 2.10. The summed E-state index contributed by atoms with van der Waals surface area (Å²) in [6, 6.07) is 0. The first-order chi connectivity index (χ1) is 6.86. The molecule has 84 valence electrons. The zero-order valence-corrected chi connectivity index (χ0v) is 9.89. The van der Waals surface area contributed by atoms with Crippen LogP contribution in [0.15, 0.2) is 0 Å². The fourth-order valence-electron chi connectivity index (χ4n) is 1.68. The topological polar surface area (TPSA) is 38.5 Å². The van der Waals surface area contributed by atoms with Crippen molar-refractivity contribution >= 4 is 11.8 Å². The molecule has 2 N–H and O–H groups in total. The van der Waals surface area contributed by atoms with E-state index in [9.17, 15) is 0 Å². The van der Waals surface area contributed by atoms with Crippen molar-refractivity contribution in [3.8, 4) is 0 Å². The van der Waals surface area contributed by atoms with Crippen molar-refractivity contribution in [2.45, 2.75) is 18.9 Å². The van der Waals surface area contributed by atoms with Crippen LogP contribution in [0.4, 0.5) is 0 Å². The summed E-state index contributed by atoms with van der Waals surface area (Å²) in [7, 11) is 1.75. The summed E-state index contributed by atoms with van der Waals surface area (Å²) in [4.78, 5) is 2.53. The standard InChI is InChI=1S/C10H22N2OS/c1-13-10(9-11)3-5-12-4-2-7-14-8-6-12/h10H,2-9,11H2,1H3. The lowest BCUT2D eigenvalue weighted by molar-refractivity contribution is 0.0905. The van der Waals surface area contributed by atoms with Crippen molar-refractivity contribution in [1.29, 1.82) is 0 Å². The fourth-order valence-corrected chi connectivity index (χ4v) is 2.60. The first kappa shape index (κ1) is 12.3. The Balaban J connectivity index is 2.14. The molecule has 1 saturated heterocycles. The van der Waals surface area contributed by atoms with Gasteiger partial charge in [-0.25, -0.2) is 0 Å². The Morgan fingerprint density at radius 2 is 2.29 bits per heavy atom. The Hall–Kier alpha value is 0.230. The summed E-state index contributed by atoms with van der Waals surface area (Å²) in [5.74, 6) is 2.60. The lowest BCUT2D eigenvalue weighted by Crippen LogP contribution is -2.32. The van der Waals surface area contributed by atoms with Gasteiger partial charge in [0.15, 0.2) is 0 Å². The van der Waals surface area contributed by atoms with Gasteiger partial charge in [-0.15, -0.1) is 0 Å². The molecular formula is C10H22N2OS. The molecular weight excluding hydrogens is 196 g/mol. The van der Waals surface area contributed by atoms with Crippen molar-refractivity contribution in [3.05, 3.63) is 0 Å². The molecule has 0 amide bonds. The van der Waals surface area contributed by atoms with Gasteiger partial charge in [0.25, 0.3) is 0 Å². The van der Waals surface area contributed by atoms with Gasteiger partial charge in [-0.05, 0) is 25.1 Å². The maximum atomic E-state index is 5.58. The number of thioether (sulfide) groups is 1. The SMILES string of the molecule is COC(CN)CCN1CCCSCC1. The van der Waals surface area contributed by atoms with E-state index in [1.807, 2.05) is 0 Å². The van der Waals surface area contributed by atoms with Crippen molar-refractivity contribution in [1.82, 2.24) is 4.90 Å². The van der Waals surface area contributed by atoms with Gasteiger partial charge in [-0.3, -0.25) is 0 Å². The highest BCUT2D eigenvalue weighted by molar-refractivity contribution is 7.99. The number of hydrogen-bond acceptors (Lipinski definition) is 4. The molecule has 1 unspecified atom stereocenters. The van der Waals surface area contributed by atoms with Gasteiger partial charge >= 0.3 is 0 Å². The Labute approximate surface area is 91.4 Å². The second kappa shape index (κ2) is 7.51. The summed E-state index contributed by atoms with van der Waals surface area (Å²) in [6.07, 6.45) is 2.63. The summed E-state index contributed by atoms with van der Waals surface area (Å²) in [5, 5.41) is 0. The van der Waals surface area contributed by atoms with Crippen LogP contribution in [-0.2, 0) is 4.74 Å². The van der Waals surface area contributed by atoms with Crippen molar-refractivity contribution in [3.63, 3.8) is 0 Å². The maximum Gasteiger partial charge on any atom is 0.0705 e. The predicted octanol–water partition coefficient (Wildman–Crippen LogP) is 0.789. The molecule has 3 nitrogen and oxygen atoms in total. The number of nitrogens with zero attached hydrogens (tertiary/aromatic N) is 1. The molecule has 1 heterocycles. The zero-order valence-electron chi connectivity index (χ0n) is 9.08. The van der Waals surface area contributed by atoms with Gasteiger partial charge in [-0.1, -0.05) is 0 Å². The summed E-state index contributed by atoms with van der Waals surface area (Å²) in [5.41, 5.74) is 5.58. The average molecular weight is 218 g/mol. The van der Waals surface area contributed by atoms with E-state index in [4.69, 9.17) is 10.5 Å². The quantitative estimate of drug-likeness (QED) is 0.740. The van der Waals surface area contributed by atoms with Crippen LogP contribution in [0.2, 0.25) is 0 Å². The number of methoxy groups -OCH3 is 1. The van der Waals surface area contributed by atoms with Gasteiger partial charge in [0.1, 0.15) is 0 Å². The van der Waals surface area contributed by atoms with E-state index in [0.717, 1.165) is 13.0 Å². The molecule has 0 radical (unpaired) electrons. The Kier molecular flexibility index (Phi) is 6.60. The lowest BCUT2D eigenvalue weighted by atomic mass is 10.2. The Morgan fingerprint density at radius 3 is 3.00 bits per heavy atom. The molecule has 0 bridgehead atoms. The minimum absolute atomic E-state index is 0.242. The van der Waals surface area contributed by atoms with Crippen molar-refractivity contribution < 1.29 is 4.74 Å². The van der Waals surface area contributed by atoms with E-state index in [1.54, 1.807) is 7.11 Å². The number of ether oxygens (including phenoxy) is 1. The predicted molar refractivity (Wildman–Crippen MR) is 62.9 cm³/mol. The normalized spacial score (nSPS) is 21.9. The third-order valence-corrected chi connectivity index (χ3v) is 3.73. The zero-order chi connectivity index (χ0) is 10.2. The van der Waals surface area contributed by atoms with Crippen LogP contribution in [0, 0.1) is 0 Å². The Bertz CT molecular complexity index is 134. The van der Waals surface area contributed by atoms with Crippen LogP contribution in [0.3, 0.4) is 0 Å². The van der Waals surface area contributed by atoms with E-state index in [0.29, 0.717) is 6.54 Å². The first-order valence-corrected chi connectivity index (χ1v) is 6.55.